The Morgan fingerprint density at radius 2 is 1.96 bits per heavy atom. The molecule has 6 heteroatoms. The van der Waals surface area contributed by atoms with Gasteiger partial charge >= 0.3 is 0 Å². The summed E-state index contributed by atoms with van der Waals surface area (Å²) in [6, 6.07) is 8.39. The fraction of sp³-hybridized carbons (Fsp3) is 0.444. The van der Waals surface area contributed by atoms with E-state index in [0.29, 0.717) is 6.54 Å². The Balaban J connectivity index is 1.69. The Morgan fingerprint density at radius 3 is 2.67 bits per heavy atom. The second kappa shape index (κ2) is 6.65. The van der Waals surface area contributed by atoms with E-state index in [1.54, 1.807) is 4.68 Å². The van der Waals surface area contributed by atoms with Gasteiger partial charge in [-0.2, -0.15) is 5.10 Å². The van der Waals surface area contributed by atoms with Crippen molar-refractivity contribution in [1.82, 2.24) is 14.7 Å². The topological polar surface area (TPSA) is 53.4 Å². The molecule has 0 aliphatic carbocycles. The number of anilines is 2. The summed E-state index contributed by atoms with van der Waals surface area (Å²) in [5.74, 6) is 0.0104. The van der Waals surface area contributed by atoms with Gasteiger partial charge in [0.05, 0.1) is 23.6 Å². The van der Waals surface area contributed by atoms with Crippen molar-refractivity contribution in [2.75, 3.05) is 36.9 Å². The van der Waals surface area contributed by atoms with Crippen molar-refractivity contribution in [3.05, 3.63) is 41.2 Å². The van der Waals surface area contributed by atoms with Crippen LogP contribution in [-0.2, 0) is 18.4 Å². The number of aryl methyl sites for hydroxylation is 2. The molecule has 0 fully saturated rings. The highest BCUT2D eigenvalue weighted by Crippen LogP contribution is 2.24. The summed E-state index contributed by atoms with van der Waals surface area (Å²) in [6.07, 6.45) is 0. The molecule has 2 heterocycles. The van der Waals surface area contributed by atoms with Crippen LogP contribution in [-0.4, -0.2) is 47.3 Å². The molecule has 6 nitrogen and oxygen atoms in total. The number of rotatable bonds is 3. The lowest BCUT2D eigenvalue weighted by Gasteiger charge is -2.20. The minimum atomic E-state index is 0.0104. The maximum absolute atomic E-state index is 12.5. The Bertz CT molecular complexity index is 752. The van der Waals surface area contributed by atoms with Crippen molar-refractivity contribution in [1.29, 1.82) is 0 Å². The van der Waals surface area contributed by atoms with E-state index in [2.05, 4.69) is 51.5 Å². The van der Waals surface area contributed by atoms with Gasteiger partial charge in [0, 0.05) is 39.4 Å². The predicted molar refractivity (Wildman–Crippen MR) is 96.3 cm³/mol. The highest BCUT2D eigenvalue weighted by atomic mass is 16.2. The maximum Gasteiger partial charge on any atom is 0.238 e. The zero-order chi connectivity index (χ0) is 17.3. The molecule has 1 aliphatic heterocycles. The van der Waals surface area contributed by atoms with E-state index in [1.165, 1.54) is 11.3 Å². The smallest absolute Gasteiger partial charge is 0.238 e. The van der Waals surface area contributed by atoms with Crippen molar-refractivity contribution in [2.24, 2.45) is 7.05 Å². The van der Waals surface area contributed by atoms with Crippen molar-refractivity contribution < 1.29 is 4.79 Å². The van der Waals surface area contributed by atoms with Gasteiger partial charge < -0.3 is 10.2 Å². The van der Waals surface area contributed by atoms with E-state index in [4.69, 9.17) is 0 Å². The van der Waals surface area contributed by atoms with Crippen LogP contribution in [0.5, 0.6) is 0 Å². The maximum atomic E-state index is 12.5. The standard InChI is InChI=1S/C18H25N5O/c1-13-18(14(2)22(4)20-13)19-17(24)12-23-10-9-21(3)16-8-6-5-7-15(16)11-23/h5-8H,9-12H2,1-4H3,(H,19,24). The molecule has 1 aromatic heterocycles. The van der Waals surface area contributed by atoms with Gasteiger partial charge in [-0.1, -0.05) is 18.2 Å². The monoisotopic (exact) mass is 327 g/mol. The minimum absolute atomic E-state index is 0.0104. The van der Waals surface area contributed by atoms with Crippen molar-refractivity contribution in [3.8, 4) is 0 Å². The molecule has 0 saturated carbocycles. The van der Waals surface area contributed by atoms with Crippen LogP contribution < -0.4 is 10.2 Å². The van der Waals surface area contributed by atoms with Gasteiger partial charge in [-0.15, -0.1) is 0 Å². The van der Waals surface area contributed by atoms with Crippen molar-refractivity contribution >= 4 is 17.3 Å². The largest absolute Gasteiger partial charge is 0.373 e. The number of hydrogen-bond donors (Lipinski definition) is 1. The number of aromatic nitrogens is 2. The molecular formula is C18H25N5O. The normalized spacial score (nSPS) is 15.1. The third kappa shape index (κ3) is 3.28. The zero-order valence-electron chi connectivity index (χ0n) is 14.8. The van der Waals surface area contributed by atoms with Crippen LogP contribution in [0.2, 0.25) is 0 Å². The van der Waals surface area contributed by atoms with E-state index < -0.39 is 0 Å². The molecular weight excluding hydrogens is 302 g/mol. The van der Waals surface area contributed by atoms with E-state index in [-0.39, 0.29) is 5.91 Å². The summed E-state index contributed by atoms with van der Waals surface area (Å²) in [5, 5.41) is 7.37. The van der Waals surface area contributed by atoms with Gasteiger partial charge in [0.2, 0.25) is 5.91 Å². The lowest BCUT2D eigenvalue weighted by molar-refractivity contribution is -0.117. The number of carbonyl (C=O) groups excluding carboxylic acids is 1. The third-order valence-electron chi connectivity index (χ3n) is 4.69. The molecule has 0 unspecified atom stereocenters. The predicted octanol–water partition coefficient (Wildman–Crippen LogP) is 1.93. The lowest BCUT2D eigenvalue weighted by atomic mass is 10.1. The number of para-hydroxylation sites is 1. The number of benzene rings is 1. The van der Waals surface area contributed by atoms with E-state index in [0.717, 1.165) is 36.7 Å². The van der Waals surface area contributed by atoms with Crippen LogP contribution in [0.1, 0.15) is 17.0 Å². The molecule has 1 amide bonds. The number of fused-ring (bicyclic) bond motifs is 1. The first kappa shape index (κ1) is 16.5. The summed E-state index contributed by atoms with van der Waals surface area (Å²) in [7, 11) is 3.99. The number of amides is 1. The van der Waals surface area contributed by atoms with Crippen molar-refractivity contribution in [3.63, 3.8) is 0 Å². The van der Waals surface area contributed by atoms with Crippen LogP contribution >= 0.6 is 0 Å². The first-order chi connectivity index (χ1) is 11.5. The summed E-state index contributed by atoms with van der Waals surface area (Å²) in [5.41, 5.74) is 5.17. The number of nitrogens with one attached hydrogen (secondary N) is 1. The Morgan fingerprint density at radius 1 is 1.21 bits per heavy atom. The van der Waals surface area contributed by atoms with E-state index in [9.17, 15) is 4.79 Å². The fourth-order valence-electron chi connectivity index (χ4n) is 3.22. The van der Waals surface area contributed by atoms with Gasteiger partial charge in [0.15, 0.2) is 0 Å². The molecule has 0 radical (unpaired) electrons. The van der Waals surface area contributed by atoms with Crippen LogP contribution in [0.15, 0.2) is 24.3 Å². The van der Waals surface area contributed by atoms with Gasteiger partial charge in [0.25, 0.3) is 0 Å². The first-order valence-electron chi connectivity index (χ1n) is 8.27. The SMILES string of the molecule is Cc1nn(C)c(C)c1NC(=O)CN1CCN(C)c2ccccc2C1. The van der Waals surface area contributed by atoms with Crippen LogP contribution in [0, 0.1) is 13.8 Å². The number of nitrogens with zero attached hydrogens (tertiary/aromatic N) is 4. The molecule has 2 aromatic rings. The highest BCUT2D eigenvalue weighted by Gasteiger charge is 2.20. The molecule has 1 N–H and O–H groups in total. The third-order valence-corrected chi connectivity index (χ3v) is 4.69. The second-order valence-corrected chi connectivity index (χ2v) is 6.48. The molecule has 0 spiro atoms. The highest BCUT2D eigenvalue weighted by molar-refractivity contribution is 5.93. The van der Waals surface area contributed by atoms with Crippen LogP contribution in [0.25, 0.3) is 0 Å². The zero-order valence-corrected chi connectivity index (χ0v) is 14.8. The Hall–Kier alpha value is -2.34. The van der Waals surface area contributed by atoms with Crippen LogP contribution in [0.4, 0.5) is 11.4 Å². The van der Waals surface area contributed by atoms with Gasteiger partial charge in [-0.3, -0.25) is 14.4 Å². The number of carbonyl (C=O) groups is 1. The molecule has 0 bridgehead atoms. The molecule has 1 aliphatic rings. The lowest BCUT2D eigenvalue weighted by Crippen LogP contribution is -2.35. The minimum Gasteiger partial charge on any atom is -0.373 e. The molecule has 1 aromatic carbocycles. The van der Waals surface area contributed by atoms with Crippen molar-refractivity contribution in [2.45, 2.75) is 20.4 Å². The average molecular weight is 327 g/mol. The summed E-state index contributed by atoms with van der Waals surface area (Å²) in [6.45, 7) is 6.83. The summed E-state index contributed by atoms with van der Waals surface area (Å²) < 4.78 is 1.79. The van der Waals surface area contributed by atoms with Gasteiger partial charge in [-0.05, 0) is 25.5 Å². The Kier molecular flexibility index (Phi) is 4.57. The molecule has 128 valence electrons. The van der Waals surface area contributed by atoms with Crippen LogP contribution in [0.3, 0.4) is 0 Å². The average Bonchev–Trinajstić information content (AvgIpc) is 2.71. The number of likely N-dealkylation sites (N-methyl/N-ethyl adjacent to an activating group) is 1. The summed E-state index contributed by atoms with van der Waals surface area (Å²) >= 11 is 0. The molecule has 24 heavy (non-hydrogen) atoms. The fourth-order valence-corrected chi connectivity index (χ4v) is 3.22. The summed E-state index contributed by atoms with van der Waals surface area (Å²) in [4.78, 5) is 16.9. The quantitative estimate of drug-likeness (QED) is 0.936. The molecule has 0 saturated heterocycles. The number of hydrogen-bond acceptors (Lipinski definition) is 4. The van der Waals surface area contributed by atoms with E-state index >= 15 is 0 Å². The van der Waals surface area contributed by atoms with Gasteiger partial charge in [0.1, 0.15) is 0 Å². The second-order valence-electron chi connectivity index (χ2n) is 6.48. The molecule has 3 rings (SSSR count). The Labute approximate surface area is 143 Å². The van der Waals surface area contributed by atoms with E-state index in [1.807, 2.05) is 20.9 Å². The van der Waals surface area contributed by atoms with Gasteiger partial charge in [-0.25, -0.2) is 0 Å². The molecule has 0 atom stereocenters. The first-order valence-corrected chi connectivity index (χ1v) is 8.27.